The Morgan fingerprint density at radius 3 is 2.53 bits per heavy atom. The number of rotatable bonds is 5. The molecule has 2 aromatic rings. The molecule has 3 N–H and O–H groups in total. The summed E-state index contributed by atoms with van der Waals surface area (Å²) in [7, 11) is 0. The molecule has 1 atom stereocenters. The highest BCUT2D eigenvalue weighted by Gasteiger charge is 2.50. The molecule has 98 valence electrons. The number of hydrazine groups is 1. The maximum absolute atomic E-state index is 5.81. The van der Waals surface area contributed by atoms with Gasteiger partial charge in [-0.2, -0.15) is 0 Å². The van der Waals surface area contributed by atoms with Gasteiger partial charge < -0.3 is 0 Å². The van der Waals surface area contributed by atoms with Gasteiger partial charge in [-0.25, -0.2) is 0 Å². The average molecular weight is 253 g/mol. The van der Waals surface area contributed by atoms with E-state index < -0.39 is 0 Å². The Morgan fingerprint density at radius 1 is 1.16 bits per heavy atom. The molecule has 3 heteroatoms. The number of benzene rings is 1. The number of hydrogen-bond acceptors (Lipinski definition) is 3. The maximum Gasteiger partial charge on any atom is 0.0348 e. The summed E-state index contributed by atoms with van der Waals surface area (Å²) in [6, 6.07) is 15.0. The molecule has 0 spiro atoms. The molecule has 1 heterocycles. The van der Waals surface area contributed by atoms with Gasteiger partial charge in [-0.05, 0) is 36.5 Å². The highest BCUT2D eigenvalue weighted by molar-refractivity contribution is 5.34. The van der Waals surface area contributed by atoms with Gasteiger partial charge in [0, 0.05) is 23.9 Å². The number of pyridine rings is 1. The van der Waals surface area contributed by atoms with Crippen molar-refractivity contribution in [1.82, 2.24) is 10.4 Å². The molecule has 3 rings (SSSR count). The SMILES string of the molecule is NNC(Cc1cccnc1)C1(c2ccccc2)CC1. The van der Waals surface area contributed by atoms with Crippen LogP contribution in [0.4, 0.5) is 0 Å². The van der Waals surface area contributed by atoms with Crippen LogP contribution in [0.1, 0.15) is 24.0 Å². The van der Waals surface area contributed by atoms with Crippen LogP contribution in [0, 0.1) is 0 Å². The first-order chi connectivity index (χ1) is 9.35. The lowest BCUT2D eigenvalue weighted by Crippen LogP contribution is -2.45. The Kier molecular flexibility index (Phi) is 3.32. The second kappa shape index (κ2) is 5.11. The van der Waals surface area contributed by atoms with Crippen molar-refractivity contribution in [1.29, 1.82) is 0 Å². The Hall–Kier alpha value is -1.71. The summed E-state index contributed by atoms with van der Waals surface area (Å²) in [6.45, 7) is 0. The number of nitrogens with one attached hydrogen (secondary N) is 1. The van der Waals surface area contributed by atoms with Crippen LogP contribution in [0.15, 0.2) is 54.9 Å². The van der Waals surface area contributed by atoms with Crippen LogP contribution in [0.25, 0.3) is 0 Å². The van der Waals surface area contributed by atoms with E-state index in [1.54, 1.807) is 6.20 Å². The molecule has 0 aliphatic heterocycles. The third-order valence-corrected chi connectivity index (χ3v) is 4.17. The number of nitrogens with two attached hydrogens (primary N) is 1. The van der Waals surface area contributed by atoms with Crippen LogP contribution in [0.3, 0.4) is 0 Å². The lowest BCUT2D eigenvalue weighted by molar-refractivity contribution is 0.420. The van der Waals surface area contributed by atoms with E-state index in [4.69, 9.17) is 5.84 Å². The van der Waals surface area contributed by atoms with Crippen molar-refractivity contribution in [3.63, 3.8) is 0 Å². The van der Waals surface area contributed by atoms with Crippen LogP contribution in [0.5, 0.6) is 0 Å². The molecule has 3 nitrogen and oxygen atoms in total. The predicted molar refractivity (Wildman–Crippen MR) is 76.4 cm³/mol. The standard InChI is InChI=1S/C16H19N3/c17-19-15(11-13-5-4-10-18-12-13)16(8-9-16)14-6-2-1-3-7-14/h1-7,10,12,15,19H,8-9,11,17H2. The van der Waals surface area contributed by atoms with Crippen molar-refractivity contribution in [3.05, 3.63) is 66.0 Å². The van der Waals surface area contributed by atoms with Gasteiger partial charge in [0.1, 0.15) is 0 Å². The molecule has 0 amide bonds. The lowest BCUT2D eigenvalue weighted by atomic mass is 9.85. The molecule has 1 unspecified atom stereocenters. The summed E-state index contributed by atoms with van der Waals surface area (Å²) >= 11 is 0. The van der Waals surface area contributed by atoms with Crippen molar-refractivity contribution in [2.24, 2.45) is 5.84 Å². The Balaban J connectivity index is 1.83. The van der Waals surface area contributed by atoms with Gasteiger partial charge in [0.05, 0.1) is 0 Å². The van der Waals surface area contributed by atoms with E-state index in [-0.39, 0.29) is 11.5 Å². The van der Waals surface area contributed by atoms with Gasteiger partial charge in [-0.1, -0.05) is 36.4 Å². The molecule has 1 aromatic heterocycles. The highest BCUT2D eigenvalue weighted by Crippen LogP contribution is 2.51. The van der Waals surface area contributed by atoms with E-state index in [1.165, 1.54) is 24.0 Å². The third kappa shape index (κ3) is 2.39. The summed E-state index contributed by atoms with van der Waals surface area (Å²) in [4.78, 5) is 4.18. The molecule has 1 fully saturated rings. The Bertz CT molecular complexity index is 520. The Labute approximate surface area is 113 Å². The summed E-state index contributed by atoms with van der Waals surface area (Å²) in [5, 5.41) is 0. The van der Waals surface area contributed by atoms with Crippen LogP contribution < -0.4 is 11.3 Å². The van der Waals surface area contributed by atoms with E-state index >= 15 is 0 Å². The zero-order valence-electron chi connectivity index (χ0n) is 10.9. The third-order valence-electron chi connectivity index (χ3n) is 4.17. The predicted octanol–water partition coefficient (Wildman–Crippen LogP) is 2.19. The van der Waals surface area contributed by atoms with Crippen molar-refractivity contribution in [3.8, 4) is 0 Å². The van der Waals surface area contributed by atoms with E-state index in [1.807, 2.05) is 12.3 Å². The highest BCUT2D eigenvalue weighted by atomic mass is 15.2. The largest absolute Gasteiger partial charge is 0.271 e. The minimum atomic E-state index is 0.200. The van der Waals surface area contributed by atoms with E-state index in [9.17, 15) is 0 Å². The van der Waals surface area contributed by atoms with Crippen molar-refractivity contribution in [2.45, 2.75) is 30.7 Å². The van der Waals surface area contributed by atoms with Crippen LogP contribution in [-0.2, 0) is 11.8 Å². The summed E-state index contributed by atoms with van der Waals surface area (Å²) in [5.41, 5.74) is 5.84. The van der Waals surface area contributed by atoms with Gasteiger partial charge in [0.25, 0.3) is 0 Å². The summed E-state index contributed by atoms with van der Waals surface area (Å²) in [5.74, 6) is 5.81. The van der Waals surface area contributed by atoms with Crippen molar-refractivity contribution in [2.75, 3.05) is 0 Å². The summed E-state index contributed by atoms with van der Waals surface area (Å²) in [6.07, 6.45) is 7.04. The first-order valence-electron chi connectivity index (χ1n) is 6.76. The lowest BCUT2D eigenvalue weighted by Gasteiger charge is -2.27. The second-order valence-electron chi connectivity index (χ2n) is 5.31. The van der Waals surface area contributed by atoms with Crippen molar-refractivity contribution >= 4 is 0 Å². The quantitative estimate of drug-likeness (QED) is 0.634. The number of hydrogen-bond donors (Lipinski definition) is 2. The molecular formula is C16H19N3. The molecule has 0 bridgehead atoms. The van der Waals surface area contributed by atoms with Gasteiger partial charge in [-0.15, -0.1) is 0 Å². The minimum Gasteiger partial charge on any atom is -0.271 e. The van der Waals surface area contributed by atoms with E-state index in [0.717, 1.165) is 6.42 Å². The molecule has 1 aromatic carbocycles. The van der Waals surface area contributed by atoms with Crippen LogP contribution in [0.2, 0.25) is 0 Å². The van der Waals surface area contributed by atoms with Crippen molar-refractivity contribution < 1.29 is 0 Å². The van der Waals surface area contributed by atoms with Gasteiger partial charge in [0.2, 0.25) is 0 Å². The molecule has 0 radical (unpaired) electrons. The number of aromatic nitrogens is 1. The van der Waals surface area contributed by atoms with Crippen LogP contribution in [-0.4, -0.2) is 11.0 Å². The fourth-order valence-electron chi connectivity index (χ4n) is 2.91. The maximum atomic E-state index is 5.81. The molecular weight excluding hydrogens is 234 g/mol. The first-order valence-corrected chi connectivity index (χ1v) is 6.76. The number of nitrogens with zero attached hydrogens (tertiary/aromatic N) is 1. The monoisotopic (exact) mass is 253 g/mol. The smallest absolute Gasteiger partial charge is 0.0348 e. The topological polar surface area (TPSA) is 50.9 Å². The molecule has 0 saturated heterocycles. The first kappa shape index (κ1) is 12.3. The molecule has 1 aliphatic rings. The van der Waals surface area contributed by atoms with E-state index in [2.05, 4.69) is 46.8 Å². The van der Waals surface area contributed by atoms with Gasteiger partial charge >= 0.3 is 0 Å². The minimum absolute atomic E-state index is 0.200. The fourth-order valence-corrected chi connectivity index (χ4v) is 2.91. The molecule has 1 saturated carbocycles. The molecule has 1 aliphatic carbocycles. The average Bonchev–Trinajstić information content (AvgIpc) is 3.28. The van der Waals surface area contributed by atoms with E-state index in [0.29, 0.717) is 0 Å². The Morgan fingerprint density at radius 2 is 1.95 bits per heavy atom. The zero-order chi connectivity index (χ0) is 13.1. The second-order valence-corrected chi connectivity index (χ2v) is 5.31. The molecule has 19 heavy (non-hydrogen) atoms. The zero-order valence-corrected chi connectivity index (χ0v) is 10.9. The van der Waals surface area contributed by atoms with Gasteiger partial charge in [-0.3, -0.25) is 16.3 Å². The van der Waals surface area contributed by atoms with Gasteiger partial charge in [0.15, 0.2) is 0 Å². The fraction of sp³-hybridized carbons (Fsp3) is 0.312. The van der Waals surface area contributed by atoms with Crippen LogP contribution >= 0.6 is 0 Å². The normalized spacial score (nSPS) is 17.9. The summed E-state index contributed by atoms with van der Waals surface area (Å²) < 4.78 is 0.